The average molecular weight is 369 g/mol. The molecule has 0 saturated carbocycles. The van der Waals surface area contributed by atoms with Crippen LogP contribution in [0.3, 0.4) is 0 Å². The third-order valence-electron chi connectivity index (χ3n) is 3.01. The Hall–Kier alpha value is -2.20. The lowest BCUT2D eigenvalue weighted by Gasteiger charge is -2.32. The topological polar surface area (TPSA) is 47.6 Å². The van der Waals surface area contributed by atoms with E-state index in [1.165, 1.54) is 18.2 Å². The molecule has 1 aromatic carbocycles. The van der Waals surface area contributed by atoms with Crippen LogP contribution in [0.4, 0.5) is 26.3 Å². The van der Waals surface area contributed by atoms with Crippen LogP contribution in [0.25, 0.3) is 0 Å². The van der Waals surface area contributed by atoms with E-state index in [1.807, 2.05) is 0 Å². The largest absolute Gasteiger partial charge is 0.573 e. The van der Waals surface area contributed by atoms with Crippen LogP contribution in [0, 0.1) is 0 Å². The second-order valence-electron chi connectivity index (χ2n) is 4.97. The van der Waals surface area contributed by atoms with E-state index in [1.54, 1.807) is 0 Å². The minimum Gasteiger partial charge on any atom is -0.405 e. The van der Waals surface area contributed by atoms with E-state index in [0.29, 0.717) is 0 Å². The summed E-state index contributed by atoms with van der Waals surface area (Å²) in [6, 6.07) is 4.78. The van der Waals surface area contributed by atoms with E-state index in [4.69, 9.17) is 4.74 Å². The van der Waals surface area contributed by atoms with Crippen LogP contribution < -0.4 is 4.74 Å². The Morgan fingerprint density at radius 2 is 1.72 bits per heavy atom. The van der Waals surface area contributed by atoms with Crippen molar-refractivity contribution < 1.29 is 45.7 Å². The summed E-state index contributed by atoms with van der Waals surface area (Å²) in [4.78, 5) is 0. The SMILES string of the molecule is [O]C1=CC=CC(OCc2ccccc2OC(F)(F)F)(OC(F)(F)F)C1. The Morgan fingerprint density at radius 1 is 1.04 bits per heavy atom. The lowest BCUT2D eigenvalue weighted by atomic mass is 10.1. The standard InChI is InChI=1S/C15H11F6O4/c16-14(17,18)24-12-6-2-1-4-10(12)9-23-13(25-15(19,20)21)7-3-5-11(22)8-13/h1-7H,8-9H2. The van der Waals surface area contributed by atoms with Gasteiger partial charge in [0.15, 0.2) is 5.76 Å². The second-order valence-corrected chi connectivity index (χ2v) is 4.97. The molecule has 1 aliphatic carbocycles. The van der Waals surface area contributed by atoms with E-state index < -0.39 is 43.0 Å². The van der Waals surface area contributed by atoms with Crippen molar-refractivity contribution in [3.63, 3.8) is 0 Å². The molecule has 0 aliphatic heterocycles. The highest BCUT2D eigenvalue weighted by molar-refractivity contribution is 5.33. The zero-order valence-electron chi connectivity index (χ0n) is 12.4. The van der Waals surface area contributed by atoms with Crippen LogP contribution in [0.2, 0.25) is 0 Å². The predicted octanol–water partition coefficient (Wildman–Crippen LogP) is 4.61. The Labute approximate surface area is 137 Å². The van der Waals surface area contributed by atoms with Crippen LogP contribution in [-0.2, 0) is 21.2 Å². The summed E-state index contributed by atoms with van der Waals surface area (Å²) in [7, 11) is 0. The van der Waals surface area contributed by atoms with Gasteiger partial charge in [0.2, 0.25) is 5.79 Å². The molecule has 137 valence electrons. The number of alkyl halides is 6. The Balaban J connectivity index is 2.19. The molecule has 1 aromatic rings. The number of allylic oxidation sites excluding steroid dienone is 2. The molecule has 0 saturated heterocycles. The molecule has 0 fully saturated rings. The van der Waals surface area contributed by atoms with Gasteiger partial charge in [-0.3, -0.25) is 9.84 Å². The van der Waals surface area contributed by atoms with Crippen LogP contribution in [0.1, 0.15) is 12.0 Å². The van der Waals surface area contributed by atoms with Crippen molar-refractivity contribution in [3.8, 4) is 5.75 Å². The number of hydrogen-bond acceptors (Lipinski definition) is 3. The fourth-order valence-corrected chi connectivity index (χ4v) is 2.10. The normalized spacial score (nSPS) is 21.1. The summed E-state index contributed by atoms with van der Waals surface area (Å²) in [5.74, 6) is -3.78. The molecular weight excluding hydrogens is 358 g/mol. The monoisotopic (exact) mass is 369 g/mol. The summed E-state index contributed by atoms with van der Waals surface area (Å²) in [5.41, 5.74) is -0.166. The summed E-state index contributed by atoms with van der Waals surface area (Å²) < 4.78 is 87.7. The van der Waals surface area contributed by atoms with Crippen LogP contribution in [-0.4, -0.2) is 18.5 Å². The molecule has 1 atom stereocenters. The third-order valence-corrected chi connectivity index (χ3v) is 3.01. The summed E-state index contributed by atoms with van der Waals surface area (Å²) in [5, 5.41) is 11.4. The lowest BCUT2D eigenvalue weighted by Crippen LogP contribution is -2.40. The molecule has 25 heavy (non-hydrogen) atoms. The molecule has 0 heterocycles. The molecule has 1 radical (unpaired) electrons. The van der Waals surface area contributed by atoms with Gasteiger partial charge < -0.3 is 9.47 Å². The Kier molecular flexibility index (Phi) is 5.33. The lowest BCUT2D eigenvalue weighted by molar-refractivity contribution is -0.406. The van der Waals surface area contributed by atoms with E-state index in [-0.39, 0.29) is 5.56 Å². The van der Waals surface area contributed by atoms with E-state index in [2.05, 4.69) is 9.47 Å². The first-order valence-corrected chi connectivity index (χ1v) is 6.78. The number of halogens is 6. The van der Waals surface area contributed by atoms with Crippen molar-refractivity contribution in [2.24, 2.45) is 0 Å². The predicted molar refractivity (Wildman–Crippen MR) is 70.3 cm³/mol. The Bertz CT molecular complexity index is 665. The maximum absolute atomic E-state index is 12.6. The summed E-state index contributed by atoms with van der Waals surface area (Å²) in [6.45, 7) is -0.708. The van der Waals surface area contributed by atoms with Crippen LogP contribution in [0.5, 0.6) is 5.75 Å². The first-order chi connectivity index (χ1) is 11.5. The number of rotatable bonds is 5. The minimum atomic E-state index is -5.12. The van der Waals surface area contributed by atoms with Gasteiger partial charge >= 0.3 is 12.7 Å². The van der Waals surface area contributed by atoms with Gasteiger partial charge in [-0.25, -0.2) is 0 Å². The van der Waals surface area contributed by atoms with E-state index in [0.717, 1.165) is 24.3 Å². The zero-order chi connectivity index (χ0) is 18.7. The molecule has 0 amide bonds. The molecule has 1 aliphatic rings. The highest BCUT2D eigenvalue weighted by Crippen LogP contribution is 2.36. The fourth-order valence-electron chi connectivity index (χ4n) is 2.10. The maximum Gasteiger partial charge on any atom is 0.573 e. The van der Waals surface area contributed by atoms with Gasteiger partial charge in [-0.05, 0) is 18.2 Å². The van der Waals surface area contributed by atoms with Gasteiger partial charge in [0.05, 0.1) is 13.0 Å². The average Bonchev–Trinajstić information content (AvgIpc) is 2.43. The first kappa shape index (κ1) is 19.1. The van der Waals surface area contributed by atoms with E-state index >= 15 is 0 Å². The second kappa shape index (κ2) is 6.96. The van der Waals surface area contributed by atoms with Gasteiger partial charge in [0.1, 0.15) is 5.75 Å². The fraction of sp³-hybridized carbons (Fsp3) is 0.333. The molecule has 0 bridgehead atoms. The molecule has 0 N–H and O–H groups in total. The summed E-state index contributed by atoms with van der Waals surface area (Å²) >= 11 is 0. The van der Waals surface area contributed by atoms with Crippen molar-refractivity contribution in [3.05, 3.63) is 53.8 Å². The molecule has 2 rings (SSSR count). The molecule has 1 unspecified atom stereocenters. The van der Waals surface area contributed by atoms with Crippen LogP contribution >= 0.6 is 0 Å². The molecular formula is C15H11F6O4. The van der Waals surface area contributed by atoms with E-state index in [9.17, 15) is 31.4 Å². The molecule has 4 nitrogen and oxygen atoms in total. The maximum atomic E-state index is 12.6. The van der Waals surface area contributed by atoms with Crippen molar-refractivity contribution >= 4 is 0 Å². The molecule has 0 spiro atoms. The van der Waals surface area contributed by atoms with Gasteiger partial charge in [-0.15, -0.1) is 26.3 Å². The number of hydrogen-bond donors (Lipinski definition) is 0. The van der Waals surface area contributed by atoms with Gasteiger partial charge in [-0.2, -0.15) is 0 Å². The van der Waals surface area contributed by atoms with Crippen molar-refractivity contribution in [1.82, 2.24) is 0 Å². The van der Waals surface area contributed by atoms with Crippen molar-refractivity contribution in [1.29, 1.82) is 0 Å². The van der Waals surface area contributed by atoms with Gasteiger partial charge in [-0.1, -0.05) is 24.3 Å². The smallest absolute Gasteiger partial charge is 0.405 e. The van der Waals surface area contributed by atoms with Crippen molar-refractivity contribution in [2.75, 3.05) is 0 Å². The van der Waals surface area contributed by atoms with Crippen LogP contribution in [0.15, 0.2) is 48.3 Å². The minimum absolute atomic E-state index is 0.166. The van der Waals surface area contributed by atoms with Gasteiger partial charge in [0.25, 0.3) is 0 Å². The zero-order valence-corrected chi connectivity index (χ0v) is 12.4. The first-order valence-electron chi connectivity index (χ1n) is 6.78. The molecule has 10 heteroatoms. The summed E-state index contributed by atoms with van der Waals surface area (Å²) in [6.07, 6.45) is -7.95. The Morgan fingerprint density at radius 3 is 2.32 bits per heavy atom. The quantitative estimate of drug-likeness (QED) is 0.563. The number of para-hydroxylation sites is 1. The van der Waals surface area contributed by atoms with Gasteiger partial charge in [0, 0.05) is 5.56 Å². The molecule has 0 aromatic heterocycles. The van der Waals surface area contributed by atoms with Crippen molar-refractivity contribution in [2.45, 2.75) is 31.5 Å². The third kappa shape index (κ3) is 5.98. The highest BCUT2D eigenvalue weighted by Gasteiger charge is 2.45. The number of ether oxygens (including phenoxy) is 3. The highest BCUT2D eigenvalue weighted by atomic mass is 19.4. The number of benzene rings is 1.